The van der Waals surface area contributed by atoms with Crippen molar-refractivity contribution in [3.8, 4) is 11.1 Å². The summed E-state index contributed by atoms with van der Waals surface area (Å²) < 4.78 is 5.63. The van der Waals surface area contributed by atoms with Crippen molar-refractivity contribution in [2.75, 3.05) is 11.9 Å². The van der Waals surface area contributed by atoms with Gasteiger partial charge in [-0.25, -0.2) is 9.59 Å². The molecule has 0 aliphatic heterocycles. The van der Waals surface area contributed by atoms with Crippen LogP contribution >= 0.6 is 0 Å². The van der Waals surface area contributed by atoms with Gasteiger partial charge in [0.05, 0.1) is 0 Å². The maximum Gasteiger partial charge on any atom is 0.411 e. The molecule has 0 aromatic heterocycles. The number of carbonyl (C=O) groups is 3. The Morgan fingerprint density at radius 1 is 0.886 bits per heavy atom. The average molecular weight is 471 g/mol. The summed E-state index contributed by atoms with van der Waals surface area (Å²) in [5.74, 6) is -1.35. The second-order valence-electron chi connectivity index (χ2n) is 9.04. The SMILES string of the molecule is O=C(CCc1ccccc1NC(=O)OCC1c2ccccc2-c2ccccc21)NC1(C(=O)O)CC1. The molecule has 3 aromatic carbocycles. The molecule has 35 heavy (non-hydrogen) atoms. The summed E-state index contributed by atoms with van der Waals surface area (Å²) in [7, 11) is 0. The number of carbonyl (C=O) groups excluding carboxylic acids is 2. The highest BCUT2D eigenvalue weighted by Gasteiger charge is 2.51. The van der Waals surface area contributed by atoms with Crippen LogP contribution in [0.5, 0.6) is 0 Å². The lowest BCUT2D eigenvalue weighted by Crippen LogP contribution is -2.43. The van der Waals surface area contributed by atoms with Crippen molar-refractivity contribution in [2.45, 2.75) is 37.1 Å². The van der Waals surface area contributed by atoms with Gasteiger partial charge in [-0.05, 0) is 53.1 Å². The number of rotatable bonds is 8. The van der Waals surface area contributed by atoms with Crippen LogP contribution < -0.4 is 10.6 Å². The summed E-state index contributed by atoms with van der Waals surface area (Å²) in [4.78, 5) is 36.2. The number of hydrogen-bond acceptors (Lipinski definition) is 4. The molecule has 0 saturated heterocycles. The summed E-state index contributed by atoms with van der Waals surface area (Å²) in [5.41, 5.74) is 4.85. The van der Waals surface area contributed by atoms with Crippen molar-refractivity contribution in [1.82, 2.24) is 5.32 Å². The first-order valence-electron chi connectivity index (χ1n) is 11.7. The zero-order valence-corrected chi connectivity index (χ0v) is 19.1. The number of hydrogen-bond donors (Lipinski definition) is 3. The number of fused-ring (bicyclic) bond motifs is 3. The number of anilines is 1. The van der Waals surface area contributed by atoms with Crippen LogP contribution in [0.4, 0.5) is 10.5 Å². The lowest BCUT2D eigenvalue weighted by atomic mass is 9.98. The molecular weight excluding hydrogens is 444 g/mol. The molecule has 2 aliphatic carbocycles. The lowest BCUT2D eigenvalue weighted by Gasteiger charge is -2.16. The van der Waals surface area contributed by atoms with Gasteiger partial charge in [0.1, 0.15) is 12.1 Å². The van der Waals surface area contributed by atoms with Crippen LogP contribution in [0, 0.1) is 0 Å². The molecule has 0 spiro atoms. The molecule has 0 atom stereocenters. The van der Waals surface area contributed by atoms with Gasteiger partial charge in [0.25, 0.3) is 0 Å². The van der Waals surface area contributed by atoms with Crippen LogP contribution in [0.15, 0.2) is 72.8 Å². The van der Waals surface area contributed by atoms with E-state index in [1.165, 1.54) is 0 Å². The highest BCUT2D eigenvalue weighted by Crippen LogP contribution is 2.44. The number of nitrogens with one attached hydrogen (secondary N) is 2. The van der Waals surface area contributed by atoms with Gasteiger partial charge in [-0.3, -0.25) is 10.1 Å². The van der Waals surface area contributed by atoms with Gasteiger partial charge in [0.2, 0.25) is 5.91 Å². The molecule has 0 heterocycles. The second-order valence-corrected chi connectivity index (χ2v) is 9.04. The summed E-state index contributed by atoms with van der Waals surface area (Å²) in [6, 6.07) is 23.5. The van der Waals surface area contributed by atoms with Gasteiger partial charge < -0.3 is 15.2 Å². The van der Waals surface area contributed by atoms with Gasteiger partial charge in [-0.15, -0.1) is 0 Å². The molecule has 3 N–H and O–H groups in total. The number of aryl methyl sites for hydroxylation is 1. The molecule has 5 rings (SSSR count). The fourth-order valence-electron chi connectivity index (χ4n) is 4.70. The van der Waals surface area contributed by atoms with Crippen LogP contribution in [0.3, 0.4) is 0 Å². The number of aliphatic carboxylic acids is 1. The van der Waals surface area contributed by atoms with Gasteiger partial charge in [-0.1, -0.05) is 66.7 Å². The molecule has 7 nitrogen and oxygen atoms in total. The van der Waals surface area contributed by atoms with Gasteiger partial charge >= 0.3 is 12.1 Å². The molecule has 1 fully saturated rings. The van der Waals surface area contributed by atoms with Crippen molar-refractivity contribution in [3.63, 3.8) is 0 Å². The van der Waals surface area contributed by atoms with Crippen LogP contribution in [-0.4, -0.2) is 35.2 Å². The van der Waals surface area contributed by atoms with E-state index in [0.29, 0.717) is 24.9 Å². The van der Waals surface area contributed by atoms with Crippen molar-refractivity contribution in [3.05, 3.63) is 89.5 Å². The van der Waals surface area contributed by atoms with E-state index in [1.54, 1.807) is 12.1 Å². The second kappa shape index (κ2) is 9.25. The fraction of sp³-hybridized carbons (Fsp3) is 0.250. The largest absolute Gasteiger partial charge is 0.480 e. The first kappa shape index (κ1) is 22.7. The Hall–Kier alpha value is -4.13. The number of carboxylic acids is 1. The fourth-order valence-corrected chi connectivity index (χ4v) is 4.70. The van der Waals surface area contributed by atoms with E-state index in [0.717, 1.165) is 27.8 Å². The quantitative estimate of drug-likeness (QED) is 0.442. The van der Waals surface area contributed by atoms with Crippen LogP contribution in [0.1, 0.15) is 41.9 Å². The molecule has 7 heteroatoms. The number of carboxylic acid groups (broad SMARTS) is 1. The minimum atomic E-state index is -1.10. The highest BCUT2D eigenvalue weighted by atomic mass is 16.5. The molecular formula is C28H26N2O5. The van der Waals surface area contributed by atoms with E-state index in [1.807, 2.05) is 36.4 Å². The number of ether oxygens (including phenoxy) is 1. The average Bonchev–Trinajstić information content (AvgIpc) is 3.58. The highest BCUT2D eigenvalue weighted by molar-refractivity contribution is 5.90. The van der Waals surface area contributed by atoms with Gasteiger partial charge in [0, 0.05) is 18.0 Å². The van der Waals surface area contributed by atoms with Crippen LogP contribution in [-0.2, 0) is 20.7 Å². The summed E-state index contributed by atoms with van der Waals surface area (Å²) in [6.07, 6.45) is 0.827. The number of amides is 2. The van der Waals surface area contributed by atoms with E-state index < -0.39 is 17.6 Å². The lowest BCUT2D eigenvalue weighted by molar-refractivity contribution is -0.143. The number of para-hydroxylation sites is 1. The monoisotopic (exact) mass is 470 g/mol. The van der Waals surface area contributed by atoms with Crippen molar-refractivity contribution < 1.29 is 24.2 Å². The smallest absolute Gasteiger partial charge is 0.411 e. The molecule has 2 amide bonds. The van der Waals surface area contributed by atoms with Crippen molar-refractivity contribution >= 4 is 23.7 Å². The molecule has 3 aromatic rings. The predicted octanol–water partition coefficient (Wildman–Crippen LogP) is 4.71. The molecule has 2 aliphatic rings. The van der Waals surface area contributed by atoms with Crippen molar-refractivity contribution in [1.29, 1.82) is 0 Å². The van der Waals surface area contributed by atoms with Crippen LogP contribution in [0.25, 0.3) is 11.1 Å². The van der Waals surface area contributed by atoms with E-state index in [4.69, 9.17) is 4.74 Å². The Balaban J connectivity index is 1.20. The van der Waals surface area contributed by atoms with E-state index in [-0.39, 0.29) is 24.9 Å². The molecule has 1 saturated carbocycles. The minimum Gasteiger partial charge on any atom is -0.480 e. The van der Waals surface area contributed by atoms with Gasteiger partial charge in [0.15, 0.2) is 0 Å². The summed E-state index contributed by atoms with van der Waals surface area (Å²) >= 11 is 0. The predicted molar refractivity (Wildman–Crippen MR) is 131 cm³/mol. The Bertz CT molecular complexity index is 1250. The zero-order valence-electron chi connectivity index (χ0n) is 19.1. The summed E-state index contributed by atoms with van der Waals surface area (Å²) in [6.45, 7) is 0.210. The third-order valence-electron chi connectivity index (χ3n) is 6.76. The molecule has 178 valence electrons. The number of benzene rings is 3. The van der Waals surface area contributed by atoms with E-state index in [2.05, 4.69) is 34.9 Å². The Morgan fingerprint density at radius 2 is 1.49 bits per heavy atom. The topological polar surface area (TPSA) is 105 Å². The van der Waals surface area contributed by atoms with E-state index >= 15 is 0 Å². The molecule has 0 bridgehead atoms. The van der Waals surface area contributed by atoms with E-state index in [9.17, 15) is 19.5 Å². The molecule has 0 unspecified atom stereocenters. The third-order valence-corrected chi connectivity index (χ3v) is 6.76. The minimum absolute atomic E-state index is 0.0314. The maximum atomic E-state index is 12.7. The Morgan fingerprint density at radius 3 is 2.11 bits per heavy atom. The van der Waals surface area contributed by atoms with Crippen molar-refractivity contribution in [2.24, 2.45) is 0 Å². The summed E-state index contributed by atoms with van der Waals surface area (Å²) in [5, 5.41) is 14.7. The normalized spacial score (nSPS) is 15.0. The molecule has 0 radical (unpaired) electrons. The Labute approximate surface area is 203 Å². The Kier molecular flexibility index (Phi) is 5.99. The first-order chi connectivity index (χ1) is 17.0. The van der Waals surface area contributed by atoms with Crippen LogP contribution in [0.2, 0.25) is 0 Å². The first-order valence-corrected chi connectivity index (χ1v) is 11.7. The van der Waals surface area contributed by atoms with Gasteiger partial charge in [-0.2, -0.15) is 0 Å². The zero-order chi connectivity index (χ0) is 24.4. The third kappa shape index (κ3) is 4.62. The standard InChI is InChI=1S/C28H26N2O5/c31-25(30-28(15-16-28)26(32)33)14-13-18-7-1-6-12-24(18)29-27(34)35-17-23-21-10-4-2-8-19(21)20-9-3-5-11-22(20)23/h1-12,23H,13-17H2,(H,29,34)(H,30,31)(H,32,33). The maximum absolute atomic E-state index is 12.7.